The van der Waals surface area contributed by atoms with Crippen LogP contribution in [0, 0.1) is 5.92 Å². The van der Waals surface area contributed by atoms with Crippen molar-refractivity contribution in [3.63, 3.8) is 0 Å². The fourth-order valence-corrected chi connectivity index (χ4v) is 3.25. The number of amides is 3. The van der Waals surface area contributed by atoms with Gasteiger partial charge >= 0.3 is 6.03 Å². The predicted octanol–water partition coefficient (Wildman–Crippen LogP) is 4.14. The average Bonchev–Trinajstić information content (AvgIpc) is 3.47. The smallest absolute Gasteiger partial charge is 0.307 e. The molecule has 0 saturated heterocycles. The molecule has 6 heteroatoms. The van der Waals surface area contributed by atoms with Gasteiger partial charge in [-0.2, -0.15) is 0 Å². The number of anilines is 1. The molecule has 0 heterocycles. The lowest BCUT2D eigenvalue weighted by molar-refractivity contribution is -0.123. The molecule has 0 spiro atoms. The Morgan fingerprint density at radius 1 is 0.897 bits per heavy atom. The van der Waals surface area contributed by atoms with Gasteiger partial charge in [0.15, 0.2) is 5.78 Å². The molecule has 6 nitrogen and oxygen atoms in total. The standard InChI is InChI=1S/C23H27N3O3/c1-14(27)15-7-11-18(12-8-15)24-22(29)26-25-21(28)20-13-19(20)16-5-9-17(10-6-16)23(2,3)4/h5-12,19-20H,13H2,1-4H3,(H,25,28)(H2,24,26,29)/t19-,20-/m0/s1. The van der Waals surface area contributed by atoms with Crippen LogP contribution in [0.2, 0.25) is 0 Å². The third-order valence-corrected chi connectivity index (χ3v) is 5.18. The molecule has 0 radical (unpaired) electrons. The summed E-state index contributed by atoms with van der Waals surface area (Å²) in [6, 6.07) is 14.4. The van der Waals surface area contributed by atoms with E-state index >= 15 is 0 Å². The van der Waals surface area contributed by atoms with Crippen molar-refractivity contribution in [2.75, 3.05) is 5.32 Å². The molecule has 1 fully saturated rings. The maximum absolute atomic E-state index is 12.3. The predicted molar refractivity (Wildman–Crippen MR) is 113 cm³/mol. The lowest BCUT2D eigenvalue weighted by Gasteiger charge is -2.19. The SMILES string of the molecule is CC(=O)c1ccc(NC(=O)NNC(=O)[C@H]2C[C@H]2c2ccc(C(C)(C)C)cc2)cc1. The highest BCUT2D eigenvalue weighted by Crippen LogP contribution is 2.47. The van der Waals surface area contributed by atoms with E-state index in [0.717, 1.165) is 12.0 Å². The molecule has 2 aromatic rings. The molecule has 0 bridgehead atoms. The van der Waals surface area contributed by atoms with Crippen LogP contribution >= 0.6 is 0 Å². The van der Waals surface area contributed by atoms with Crippen LogP contribution in [0.5, 0.6) is 0 Å². The Kier molecular flexibility index (Phi) is 5.73. The maximum atomic E-state index is 12.3. The van der Waals surface area contributed by atoms with Crippen LogP contribution in [-0.4, -0.2) is 17.7 Å². The number of carbonyl (C=O) groups is 3. The molecule has 1 aliphatic rings. The van der Waals surface area contributed by atoms with Gasteiger partial charge < -0.3 is 5.32 Å². The normalized spacial score (nSPS) is 17.9. The molecule has 0 unspecified atom stereocenters. The molecule has 0 aromatic heterocycles. The summed E-state index contributed by atoms with van der Waals surface area (Å²) >= 11 is 0. The zero-order chi connectivity index (χ0) is 21.2. The second kappa shape index (κ2) is 8.07. The fraction of sp³-hybridized carbons (Fsp3) is 0.348. The Bertz CT molecular complexity index is 912. The topological polar surface area (TPSA) is 87.3 Å². The van der Waals surface area contributed by atoms with Gasteiger partial charge in [0.1, 0.15) is 0 Å². The number of urea groups is 1. The van der Waals surface area contributed by atoms with Gasteiger partial charge in [-0.15, -0.1) is 0 Å². The fourth-order valence-electron chi connectivity index (χ4n) is 3.25. The molecule has 152 valence electrons. The number of carbonyl (C=O) groups excluding carboxylic acids is 3. The monoisotopic (exact) mass is 393 g/mol. The molecule has 3 rings (SSSR count). The van der Waals surface area contributed by atoms with Crippen LogP contribution < -0.4 is 16.2 Å². The summed E-state index contributed by atoms with van der Waals surface area (Å²) in [5.74, 6) is -0.184. The number of rotatable bonds is 4. The van der Waals surface area contributed by atoms with Crippen molar-refractivity contribution in [1.82, 2.24) is 10.9 Å². The summed E-state index contributed by atoms with van der Waals surface area (Å²) in [6.07, 6.45) is 0.774. The second-order valence-electron chi connectivity index (χ2n) is 8.52. The molecule has 2 atom stereocenters. The summed E-state index contributed by atoms with van der Waals surface area (Å²) in [5.41, 5.74) is 8.46. The van der Waals surface area contributed by atoms with Gasteiger partial charge in [0.2, 0.25) is 5.91 Å². The Balaban J connectivity index is 1.46. The molecule has 1 aliphatic carbocycles. The van der Waals surface area contributed by atoms with E-state index in [1.54, 1.807) is 24.3 Å². The van der Waals surface area contributed by atoms with Gasteiger partial charge in [-0.25, -0.2) is 10.2 Å². The molecule has 3 N–H and O–H groups in total. The number of hydrogen-bond donors (Lipinski definition) is 3. The Morgan fingerprint density at radius 2 is 1.52 bits per heavy atom. The zero-order valence-corrected chi connectivity index (χ0v) is 17.2. The number of nitrogens with one attached hydrogen (secondary N) is 3. The van der Waals surface area contributed by atoms with Crippen molar-refractivity contribution < 1.29 is 14.4 Å². The first kappa shape index (κ1) is 20.6. The number of hydrazine groups is 1. The molecular weight excluding hydrogens is 366 g/mol. The van der Waals surface area contributed by atoms with Crippen molar-refractivity contribution in [2.45, 2.75) is 45.4 Å². The van der Waals surface area contributed by atoms with Gasteiger partial charge in [-0.1, -0.05) is 45.0 Å². The van der Waals surface area contributed by atoms with Crippen LogP contribution in [0.4, 0.5) is 10.5 Å². The lowest BCUT2D eigenvalue weighted by atomic mass is 9.86. The van der Waals surface area contributed by atoms with Crippen molar-refractivity contribution in [1.29, 1.82) is 0 Å². The minimum atomic E-state index is -0.541. The molecule has 3 amide bonds. The summed E-state index contributed by atoms with van der Waals surface area (Å²) in [6.45, 7) is 7.99. The van der Waals surface area contributed by atoms with Crippen LogP contribution in [0.15, 0.2) is 48.5 Å². The van der Waals surface area contributed by atoms with Crippen LogP contribution in [0.1, 0.15) is 61.5 Å². The van der Waals surface area contributed by atoms with Crippen molar-refractivity contribution in [3.05, 3.63) is 65.2 Å². The number of benzene rings is 2. The van der Waals surface area contributed by atoms with Crippen molar-refractivity contribution >= 4 is 23.4 Å². The number of ketones is 1. The average molecular weight is 393 g/mol. The first-order valence-electron chi connectivity index (χ1n) is 9.73. The molecule has 29 heavy (non-hydrogen) atoms. The van der Waals surface area contributed by atoms with E-state index in [2.05, 4.69) is 61.2 Å². The van der Waals surface area contributed by atoms with Gasteiger partial charge in [-0.3, -0.25) is 15.0 Å². The maximum Gasteiger partial charge on any atom is 0.337 e. The third kappa shape index (κ3) is 5.22. The first-order valence-corrected chi connectivity index (χ1v) is 9.73. The van der Waals surface area contributed by atoms with E-state index < -0.39 is 6.03 Å². The first-order chi connectivity index (χ1) is 13.6. The van der Waals surface area contributed by atoms with E-state index in [1.165, 1.54) is 12.5 Å². The van der Waals surface area contributed by atoms with Gasteiger partial charge in [0, 0.05) is 17.2 Å². The van der Waals surface area contributed by atoms with Gasteiger partial charge in [0.25, 0.3) is 0 Å². The van der Waals surface area contributed by atoms with Crippen molar-refractivity contribution in [3.8, 4) is 0 Å². The highest BCUT2D eigenvalue weighted by atomic mass is 16.2. The Labute approximate surface area is 171 Å². The molecule has 0 aliphatic heterocycles. The minimum absolute atomic E-state index is 0.0414. The van der Waals surface area contributed by atoms with Crippen LogP contribution in [-0.2, 0) is 10.2 Å². The van der Waals surface area contributed by atoms with E-state index in [4.69, 9.17) is 0 Å². The van der Waals surface area contributed by atoms with Gasteiger partial charge in [-0.05, 0) is 60.1 Å². The molecular formula is C23H27N3O3. The highest BCUT2D eigenvalue weighted by molar-refractivity contribution is 5.95. The minimum Gasteiger partial charge on any atom is -0.307 e. The quantitative estimate of drug-likeness (QED) is 0.539. The largest absolute Gasteiger partial charge is 0.337 e. The highest BCUT2D eigenvalue weighted by Gasteiger charge is 2.44. The van der Waals surface area contributed by atoms with E-state index in [0.29, 0.717) is 11.3 Å². The van der Waals surface area contributed by atoms with Crippen LogP contribution in [0.25, 0.3) is 0 Å². The lowest BCUT2D eigenvalue weighted by Crippen LogP contribution is -2.44. The summed E-state index contributed by atoms with van der Waals surface area (Å²) in [4.78, 5) is 35.5. The number of hydrogen-bond acceptors (Lipinski definition) is 3. The zero-order valence-electron chi connectivity index (χ0n) is 17.2. The van der Waals surface area contributed by atoms with E-state index in [1.807, 2.05) is 0 Å². The Hall–Kier alpha value is -3.15. The van der Waals surface area contributed by atoms with E-state index in [-0.39, 0.29) is 28.9 Å². The van der Waals surface area contributed by atoms with Crippen molar-refractivity contribution in [2.24, 2.45) is 5.92 Å². The van der Waals surface area contributed by atoms with Crippen LogP contribution in [0.3, 0.4) is 0 Å². The summed E-state index contributed by atoms with van der Waals surface area (Å²) < 4.78 is 0. The van der Waals surface area contributed by atoms with Gasteiger partial charge in [0.05, 0.1) is 0 Å². The third-order valence-electron chi connectivity index (χ3n) is 5.18. The second-order valence-corrected chi connectivity index (χ2v) is 8.52. The molecule has 2 aromatic carbocycles. The molecule has 1 saturated carbocycles. The number of Topliss-reactive ketones (excluding diaryl/α,β-unsaturated/α-hetero) is 1. The summed E-state index contributed by atoms with van der Waals surface area (Å²) in [7, 11) is 0. The Morgan fingerprint density at radius 3 is 2.07 bits per heavy atom. The summed E-state index contributed by atoms with van der Waals surface area (Å²) in [5, 5.41) is 2.61. The van der Waals surface area contributed by atoms with E-state index in [9.17, 15) is 14.4 Å².